The summed E-state index contributed by atoms with van der Waals surface area (Å²) in [5.74, 6) is 1.76. The van der Waals surface area contributed by atoms with Gasteiger partial charge < -0.3 is 19.5 Å². The van der Waals surface area contributed by atoms with Crippen LogP contribution in [-0.4, -0.2) is 35.7 Å². The number of hydrogen-bond acceptors (Lipinski definition) is 4. The van der Waals surface area contributed by atoms with Gasteiger partial charge in [-0.2, -0.15) is 0 Å². The van der Waals surface area contributed by atoms with E-state index in [-0.39, 0.29) is 11.8 Å². The monoisotopic (exact) mass is 378 g/mol. The van der Waals surface area contributed by atoms with Crippen LogP contribution in [0.15, 0.2) is 48.5 Å². The molecule has 0 spiro atoms. The first kappa shape index (κ1) is 18.3. The number of aryl methyl sites for hydroxylation is 1. The summed E-state index contributed by atoms with van der Waals surface area (Å²) in [5, 5.41) is 3.03. The first-order valence-corrected chi connectivity index (χ1v) is 9.85. The second kappa shape index (κ2) is 7.92. The van der Waals surface area contributed by atoms with Crippen molar-refractivity contribution in [2.24, 2.45) is 5.92 Å². The fourth-order valence-corrected chi connectivity index (χ4v) is 3.94. The number of benzene rings is 2. The Balaban J connectivity index is 1.44. The molecule has 0 aliphatic carbocycles. The number of carbonyl (C=O) groups excluding carboxylic acids is 1. The quantitative estimate of drug-likeness (QED) is 0.731. The number of anilines is 2. The van der Waals surface area contributed by atoms with Crippen molar-refractivity contribution >= 4 is 28.6 Å². The normalized spacial score (nSPS) is 15.0. The standard InChI is InChI=1S/C22H26N4O2/c1-3-26-19-10-6-4-8-17(19)24-22(26)25-14-12-16(13-15-25)21(27)23-18-9-5-7-11-20(18)28-2/h4-11,16H,3,12-15H2,1-2H3,(H,23,27). The summed E-state index contributed by atoms with van der Waals surface area (Å²) in [6, 6.07) is 15.8. The highest BCUT2D eigenvalue weighted by molar-refractivity contribution is 5.94. The molecule has 6 heteroatoms. The fourth-order valence-electron chi connectivity index (χ4n) is 3.94. The van der Waals surface area contributed by atoms with Crippen molar-refractivity contribution < 1.29 is 9.53 Å². The lowest BCUT2D eigenvalue weighted by Crippen LogP contribution is -2.39. The molecule has 1 N–H and O–H groups in total. The molecular weight excluding hydrogens is 352 g/mol. The number of nitrogens with one attached hydrogen (secondary N) is 1. The SMILES string of the molecule is CCn1c(N2CCC(C(=O)Nc3ccccc3OC)CC2)nc2ccccc21. The molecule has 146 valence electrons. The van der Waals surface area contributed by atoms with Crippen LogP contribution in [0.2, 0.25) is 0 Å². The minimum atomic E-state index is 0.000571. The second-order valence-electron chi connectivity index (χ2n) is 7.10. The maximum Gasteiger partial charge on any atom is 0.227 e. The number of aromatic nitrogens is 2. The van der Waals surface area contributed by atoms with E-state index in [1.807, 2.05) is 36.4 Å². The van der Waals surface area contributed by atoms with E-state index >= 15 is 0 Å². The van der Waals surface area contributed by atoms with Crippen LogP contribution >= 0.6 is 0 Å². The minimum absolute atomic E-state index is 0.000571. The molecule has 0 saturated carbocycles. The van der Waals surface area contributed by atoms with E-state index in [1.165, 1.54) is 0 Å². The molecule has 28 heavy (non-hydrogen) atoms. The molecule has 1 fully saturated rings. The number of rotatable bonds is 5. The summed E-state index contributed by atoms with van der Waals surface area (Å²) >= 11 is 0. The maximum absolute atomic E-state index is 12.7. The molecule has 1 saturated heterocycles. The van der Waals surface area contributed by atoms with Crippen LogP contribution in [0.4, 0.5) is 11.6 Å². The Bertz CT molecular complexity index is 974. The molecule has 6 nitrogen and oxygen atoms in total. The van der Waals surface area contributed by atoms with Crippen molar-refractivity contribution in [1.29, 1.82) is 0 Å². The summed E-state index contributed by atoms with van der Waals surface area (Å²) in [5.41, 5.74) is 2.91. The molecule has 0 bridgehead atoms. The maximum atomic E-state index is 12.7. The molecule has 4 rings (SSSR count). The van der Waals surface area contributed by atoms with E-state index in [0.29, 0.717) is 5.75 Å². The zero-order chi connectivity index (χ0) is 19.5. The van der Waals surface area contributed by atoms with Crippen molar-refractivity contribution in [1.82, 2.24) is 9.55 Å². The van der Waals surface area contributed by atoms with Crippen LogP contribution in [0.1, 0.15) is 19.8 Å². The number of fused-ring (bicyclic) bond motifs is 1. The Morgan fingerprint density at radius 1 is 1.14 bits per heavy atom. The number of hydrogen-bond donors (Lipinski definition) is 1. The van der Waals surface area contributed by atoms with Crippen molar-refractivity contribution in [3.63, 3.8) is 0 Å². The van der Waals surface area contributed by atoms with Crippen molar-refractivity contribution in [3.8, 4) is 5.75 Å². The molecule has 0 unspecified atom stereocenters. The topological polar surface area (TPSA) is 59.4 Å². The lowest BCUT2D eigenvalue weighted by molar-refractivity contribution is -0.120. The summed E-state index contributed by atoms with van der Waals surface area (Å²) < 4.78 is 7.58. The zero-order valence-electron chi connectivity index (χ0n) is 16.4. The molecule has 1 amide bonds. The van der Waals surface area contributed by atoms with Crippen LogP contribution < -0.4 is 15.0 Å². The van der Waals surface area contributed by atoms with Crippen LogP contribution in [0.3, 0.4) is 0 Å². The van der Waals surface area contributed by atoms with Gasteiger partial charge in [-0.3, -0.25) is 4.79 Å². The predicted molar refractivity (Wildman–Crippen MR) is 112 cm³/mol. The Kier molecular flexibility index (Phi) is 5.19. The lowest BCUT2D eigenvalue weighted by Gasteiger charge is -2.32. The van der Waals surface area contributed by atoms with Gasteiger partial charge in [-0.25, -0.2) is 4.98 Å². The van der Waals surface area contributed by atoms with Crippen molar-refractivity contribution in [2.75, 3.05) is 30.4 Å². The summed E-state index contributed by atoms with van der Waals surface area (Å²) in [6.07, 6.45) is 1.63. The Hall–Kier alpha value is -3.02. The molecular formula is C22H26N4O2. The second-order valence-corrected chi connectivity index (χ2v) is 7.10. The number of methoxy groups -OCH3 is 1. The van der Waals surface area contributed by atoms with Gasteiger partial charge in [-0.15, -0.1) is 0 Å². The summed E-state index contributed by atoms with van der Waals surface area (Å²) in [6.45, 7) is 4.68. The van der Waals surface area contributed by atoms with E-state index in [9.17, 15) is 4.79 Å². The molecule has 1 aliphatic rings. The van der Waals surface area contributed by atoms with E-state index in [2.05, 4.69) is 33.8 Å². The zero-order valence-corrected chi connectivity index (χ0v) is 16.4. The van der Waals surface area contributed by atoms with Gasteiger partial charge in [0.2, 0.25) is 11.9 Å². The number of para-hydroxylation sites is 4. The van der Waals surface area contributed by atoms with Crippen LogP contribution in [0, 0.1) is 5.92 Å². The molecule has 1 aromatic heterocycles. The Morgan fingerprint density at radius 2 is 1.86 bits per heavy atom. The van der Waals surface area contributed by atoms with E-state index in [0.717, 1.165) is 55.1 Å². The third-order valence-corrected chi connectivity index (χ3v) is 5.46. The minimum Gasteiger partial charge on any atom is -0.495 e. The Morgan fingerprint density at radius 3 is 2.61 bits per heavy atom. The summed E-state index contributed by atoms with van der Waals surface area (Å²) in [4.78, 5) is 19.9. The van der Waals surface area contributed by atoms with Crippen LogP contribution in [0.5, 0.6) is 5.75 Å². The average Bonchev–Trinajstić information content (AvgIpc) is 3.13. The van der Waals surface area contributed by atoms with Gasteiger partial charge in [-0.1, -0.05) is 24.3 Å². The molecule has 0 radical (unpaired) electrons. The lowest BCUT2D eigenvalue weighted by atomic mass is 9.96. The van der Waals surface area contributed by atoms with Gasteiger partial charge in [0.25, 0.3) is 0 Å². The highest BCUT2D eigenvalue weighted by atomic mass is 16.5. The summed E-state index contributed by atoms with van der Waals surface area (Å²) in [7, 11) is 1.61. The van der Waals surface area contributed by atoms with Crippen LogP contribution in [0.25, 0.3) is 11.0 Å². The fraction of sp³-hybridized carbons (Fsp3) is 0.364. The van der Waals surface area contributed by atoms with E-state index in [1.54, 1.807) is 7.11 Å². The predicted octanol–water partition coefficient (Wildman–Crippen LogP) is 3.92. The third-order valence-electron chi connectivity index (χ3n) is 5.46. The van der Waals surface area contributed by atoms with Gasteiger partial charge in [0, 0.05) is 25.6 Å². The highest BCUT2D eigenvalue weighted by Crippen LogP contribution is 2.29. The first-order chi connectivity index (χ1) is 13.7. The average molecular weight is 378 g/mol. The highest BCUT2D eigenvalue weighted by Gasteiger charge is 2.28. The number of nitrogens with zero attached hydrogens (tertiary/aromatic N) is 3. The number of amides is 1. The number of carbonyl (C=O) groups is 1. The smallest absolute Gasteiger partial charge is 0.227 e. The van der Waals surface area contributed by atoms with Gasteiger partial charge in [-0.05, 0) is 44.0 Å². The van der Waals surface area contributed by atoms with Gasteiger partial charge in [0.15, 0.2) is 0 Å². The molecule has 3 aromatic rings. The van der Waals surface area contributed by atoms with Crippen LogP contribution in [-0.2, 0) is 11.3 Å². The first-order valence-electron chi connectivity index (χ1n) is 9.85. The molecule has 1 aliphatic heterocycles. The number of ether oxygens (including phenoxy) is 1. The molecule has 2 heterocycles. The number of imidazole rings is 1. The largest absolute Gasteiger partial charge is 0.495 e. The number of piperidine rings is 1. The van der Waals surface area contributed by atoms with Gasteiger partial charge in [0.05, 0.1) is 23.8 Å². The molecule has 2 aromatic carbocycles. The third kappa shape index (κ3) is 3.42. The van der Waals surface area contributed by atoms with E-state index < -0.39 is 0 Å². The Labute approximate surface area is 165 Å². The van der Waals surface area contributed by atoms with Crippen molar-refractivity contribution in [3.05, 3.63) is 48.5 Å². The van der Waals surface area contributed by atoms with Crippen molar-refractivity contribution in [2.45, 2.75) is 26.3 Å². The van der Waals surface area contributed by atoms with Gasteiger partial charge >= 0.3 is 0 Å². The van der Waals surface area contributed by atoms with E-state index in [4.69, 9.17) is 9.72 Å². The van der Waals surface area contributed by atoms with Gasteiger partial charge in [0.1, 0.15) is 5.75 Å². The molecule has 0 atom stereocenters.